The predicted molar refractivity (Wildman–Crippen MR) is 85.6 cm³/mol. The number of benzene rings is 1. The molecule has 3 aromatic heterocycles. The molecular weight excluding hydrogens is 315 g/mol. The van der Waals surface area contributed by atoms with Crippen LogP contribution >= 0.6 is 11.3 Å². The van der Waals surface area contributed by atoms with E-state index in [1.165, 1.54) is 23.5 Å². The van der Waals surface area contributed by atoms with Crippen molar-refractivity contribution in [3.8, 4) is 21.8 Å². The third-order valence-electron chi connectivity index (χ3n) is 3.51. The van der Waals surface area contributed by atoms with Crippen LogP contribution in [0.2, 0.25) is 0 Å². The van der Waals surface area contributed by atoms with Crippen LogP contribution in [0.5, 0.6) is 0 Å². The summed E-state index contributed by atoms with van der Waals surface area (Å²) in [7, 11) is 0. The molecule has 23 heavy (non-hydrogen) atoms. The fourth-order valence-corrected chi connectivity index (χ4v) is 3.33. The number of hydrogen-bond acceptors (Lipinski definition) is 5. The molecule has 0 saturated carbocycles. The molecule has 0 atom stereocenters. The van der Waals surface area contributed by atoms with Crippen LogP contribution in [0.25, 0.3) is 26.8 Å². The lowest BCUT2D eigenvalue weighted by atomic mass is 10.1. The molecule has 8 heteroatoms. The van der Waals surface area contributed by atoms with E-state index < -0.39 is 0 Å². The maximum Gasteiger partial charge on any atom is 0.234 e. The molecule has 1 N–H and O–H groups in total. The number of nitrogens with zero attached hydrogens (tertiary/aromatic N) is 5. The molecule has 0 spiro atoms. The number of aromatic nitrogens is 6. The van der Waals surface area contributed by atoms with Crippen molar-refractivity contribution in [1.82, 2.24) is 30.0 Å². The van der Waals surface area contributed by atoms with Gasteiger partial charge in [0.25, 0.3) is 0 Å². The molecule has 0 bridgehead atoms. The summed E-state index contributed by atoms with van der Waals surface area (Å²) >= 11 is 1.44. The van der Waals surface area contributed by atoms with Gasteiger partial charge in [0, 0.05) is 12.0 Å². The van der Waals surface area contributed by atoms with Crippen LogP contribution in [-0.2, 0) is 6.42 Å². The van der Waals surface area contributed by atoms with Crippen LogP contribution in [0.15, 0.2) is 30.5 Å². The first-order valence-electron chi connectivity index (χ1n) is 7.27. The topological polar surface area (TPSA) is 71.8 Å². The molecule has 0 fully saturated rings. The number of aryl methyl sites for hydroxylation is 1. The van der Waals surface area contributed by atoms with Gasteiger partial charge in [0.1, 0.15) is 5.82 Å². The second-order valence-corrected chi connectivity index (χ2v) is 6.09. The highest BCUT2D eigenvalue weighted by molar-refractivity contribution is 7.19. The van der Waals surface area contributed by atoms with Gasteiger partial charge in [-0.1, -0.05) is 30.4 Å². The van der Waals surface area contributed by atoms with Gasteiger partial charge < -0.3 is 0 Å². The Kier molecular flexibility index (Phi) is 3.38. The van der Waals surface area contributed by atoms with Crippen LogP contribution in [0, 0.1) is 5.82 Å². The van der Waals surface area contributed by atoms with Gasteiger partial charge in [-0.3, -0.25) is 5.10 Å². The van der Waals surface area contributed by atoms with E-state index in [1.807, 2.05) is 6.07 Å². The Morgan fingerprint density at radius 3 is 3.04 bits per heavy atom. The summed E-state index contributed by atoms with van der Waals surface area (Å²) in [5.41, 5.74) is 2.30. The van der Waals surface area contributed by atoms with Gasteiger partial charge in [0.2, 0.25) is 4.96 Å². The minimum atomic E-state index is -0.286. The van der Waals surface area contributed by atoms with Gasteiger partial charge in [-0.05, 0) is 18.6 Å². The molecule has 6 nitrogen and oxygen atoms in total. The number of hydrogen-bond donors (Lipinski definition) is 1. The van der Waals surface area contributed by atoms with Crippen LogP contribution in [0.3, 0.4) is 0 Å². The van der Waals surface area contributed by atoms with E-state index in [1.54, 1.807) is 16.8 Å². The summed E-state index contributed by atoms with van der Waals surface area (Å²) in [6.45, 7) is 2.09. The van der Waals surface area contributed by atoms with E-state index in [9.17, 15) is 4.39 Å². The number of aromatic amines is 1. The van der Waals surface area contributed by atoms with Crippen LogP contribution in [-0.4, -0.2) is 30.0 Å². The van der Waals surface area contributed by atoms with Crippen molar-refractivity contribution in [3.63, 3.8) is 0 Å². The molecule has 0 amide bonds. The SMILES string of the molecule is CCCc1nnc2sc(-c3cn[nH]c3-c3cccc(F)c3)nn12. The summed E-state index contributed by atoms with van der Waals surface area (Å²) in [6.07, 6.45) is 3.51. The van der Waals surface area contributed by atoms with Gasteiger partial charge in [-0.2, -0.15) is 14.7 Å². The Hall–Kier alpha value is -2.61. The molecule has 0 aliphatic rings. The largest absolute Gasteiger partial charge is 0.277 e. The van der Waals surface area contributed by atoms with Crippen LogP contribution in [0.1, 0.15) is 19.2 Å². The molecule has 0 aliphatic carbocycles. The minimum absolute atomic E-state index is 0.286. The maximum absolute atomic E-state index is 13.5. The average Bonchev–Trinajstić information content (AvgIpc) is 3.23. The monoisotopic (exact) mass is 328 g/mol. The smallest absolute Gasteiger partial charge is 0.234 e. The molecule has 116 valence electrons. The Balaban J connectivity index is 1.81. The van der Waals surface area contributed by atoms with Crippen LogP contribution in [0.4, 0.5) is 4.39 Å². The Bertz CT molecular complexity index is 969. The molecule has 0 radical (unpaired) electrons. The van der Waals surface area contributed by atoms with Gasteiger partial charge in [0.15, 0.2) is 10.8 Å². The number of rotatable bonds is 4. The normalized spacial score (nSPS) is 11.4. The Morgan fingerprint density at radius 2 is 2.22 bits per heavy atom. The van der Waals surface area contributed by atoms with Gasteiger partial charge in [-0.25, -0.2) is 4.39 Å². The van der Waals surface area contributed by atoms with Crippen molar-refractivity contribution in [2.75, 3.05) is 0 Å². The zero-order chi connectivity index (χ0) is 15.8. The fraction of sp³-hybridized carbons (Fsp3) is 0.200. The second-order valence-electron chi connectivity index (χ2n) is 5.14. The molecule has 0 saturated heterocycles. The molecule has 4 rings (SSSR count). The van der Waals surface area contributed by atoms with Gasteiger partial charge in [0.05, 0.1) is 17.5 Å². The molecule has 3 heterocycles. The lowest BCUT2D eigenvalue weighted by Gasteiger charge is -2.00. The number of fused-ring (bicyclic) bond motifs is 1. The Labute approximate surface area is 135 Å². The summed E-state index contributed by atoms with van der Waals surface area (Å²) in [6, 6.07) is 6.40. The molecule has 4 aromatic rings. The minimum Gasteiger partial charge on any atom is -0.277 e. The van der Waals surface area contributed by atoms with Gasteiger partial charge >= 0.3 is 0 Å². The summed E-state index contributed by atoms with van der Waals surface area (Å²) < 4.78 is 15.2. The molecule has 0 aliphatic heterocycles. The molecular formula is C15H13FN6S. The average molecular weight is 328 g/mol. The molecule has 1 aromatic carbocycles. The highest BCUT2D eigenvalue weighted by Gasteiger charge is 2.17. The fourth-order valence-electron chi connectivity index (χ4n) is 2.46. The Morgan fingerprint density at radius 1 is 1.30 bits per heavy atom. The van der Waals surface area contributed by atoms with E-state index in [2.05, 4.69) is 32.4 Å². The number of nitrogens with one attached hydrogen (secondary N) is 1. The number of halogens is 1. The summed E-state index contributed by atoms with van der Waals surface area (Å²) in [5, 5.41) is 20.7. The first kappa shape index (κ1) is 14.0. The number of H-pyrrole nitrogens is 1. The van der Waals surface area contributed by atoms with E-state index in [0.29, 0.717) is 0 Å². The highest BCUT2D eigenvalue weighted by atomic mass is 32.1. The zero-order valence-corrected chi connectivity index (χ0v) is 13.1. The van der Waals surface area contributed by atoms with Gasteiger partial charge in [-0.15, -0.1) is 10.2 Å². The standard InChI is InChI=1S/C15H13FN6S/c1-2-4-12-18-20-15-22(12)21-14(23-15)11-8-17-19-13(11)9-5-3-6-10(16)7-9/h3,5-8H,2,4H2,1H3,(H,17,19). The quantitative estimate of drug-likeness (QED) is 0.624. The van der Waals surface area contributed by atoms with E-state index in [4.69, 9.17) is 0 Å². The second kappa shape index (κ2) is 5.54. The van der Waals surface area contributed by atoms with E-state index >= 15 is 0 Å². The maximum atomic E-state index is 13.5. The molecule has 0 unspecified atom stereocenters. The highest BCUT2D eigenvalue weighted by Crippen LogP contribution is 2.33. The first-order valence-corrected chi connectivity index (χ1v) is 8.08. The van der Waals surface area contributed by atoms with Crippen molar-refractivity contribution in [2.24, 2.45) is 0 Å². The van der Waals surface area contributed by atoms with Crippen molar-refractivity contribution >= 4 is 16.3 Å². The van der Waals surface area contributed by atoms with Crippen molar-refractivity contribution < 1.29 is 4.39 Å². The lowest BCUT2D eigenvalue weighted by Crippen LogP contribution is -1.95. The predicted octanol–water partition coefficient (Wildman–Crippen LogP) is 3.33. The van der Waals surface area contributed by atoms with Crippen LogP contribution < -0.4 is 0 Å². The van der Waals surface area contributed by atoms with E-state index in [-0.39, 0.29) is 5.82 Å². The lowest BCUT2D eigenvalue weighted by molar-refractivity contribution is 0.628. The van der Waals surface area contributed by atoms with Crippen molar-refractivity contribution in [2.45, 2.75) is 19.8 Å². The van der Waals surface area contributed by atoms with Crippen molar-refractivity contribution in [3.05, 3.63) is 42.1 Å². The third kappa shape index (κ3) is 2.40. The van der Waals surface area contributed by atoms with Crippen molar-refractivity contribution in [1.29, 1.82) is 0 Å². The first-order chi connectivity index (χ1) is 11.3. The third-order valence-corrected chi connectivity index (χ3v) is 4.44. The summed E-state index contributed by atoms with van der Waals surface area (Å²) in [4.78, 5) is 0.745. The zero-order valence-electron chi connectivity index (χ0n) is 12.3. The summed E-state index contributed by atoms with van der Waals surface area (Å²) in [5.74, 6) is 0.562. The van der Waals surface area contributed by atoms with E-state index in [0.717, 1.165) is 45.5 Å².